The van der Waals surface area contributed by atoms with E-state index < -0.39 is 5.41 Å². The second-order valence-electron chi connectivity index (χ2n) is 10.2. The molecular formula is C32H30N2O4. The first-order valence-electron chi connectivity index (χ1n) is 13.2. The lowest BCUT2D eigenvalue weighted by atomic mass is 9.93. The largest absolute Gasteiger partial charge is 0.465 e. The van der Waals surface area contributed by atoms with E-state index in [4.69, 9.17) is 9.26 Å². The summed E-state index contributed by atoms with van der Waals surface area (Å²) in [6.45, 7) is 4.74. The Balaban J connectivity index is 1.18. The molecule has 0 N–H and O–H groups in total. The number of hydrogen-bond donors (Lipinski definition) is 0. The Morgan fingerprint density at radius 2 is 1.68 bits per heavy atom. The van der Waals surface area contributed by atoms with Gasteiger partial charge in [0.15, 0.2) is 5.76 Å². The highest BCUT2D eigenvalue weighted by Gasteiger charge is 2.52. The van der Waals surface area contributed by atoms with Crippen LogP contribution < -0.4 is 0 Å². The molecule has 1 saturated carbocycles. The molecule has 192 valence electrons. The average Bonchev–Trinajstić information content (AvgIpc) is 3.52. The summed E-state index contributed by atoms with van der Waals surface area (Å²) in [6.07, 6.45) is 11.0. The number of rotatable bonds is 7. The minimum absolute atomic E-state index is 0.0355. The molecule has 38 heavy (non-hydrogen) atoms. The van der Waals surface area contributed by atoms with Crippen molar-refractivity contribution in [3.05, 3.63) is 101 Å². The molecule has 3 aromatic rings. The molecule has 2 aromatic carbocycles. The second kappa shape index (κ2) is 9.60. The molecule has 6 rings (SSSR count). The van der Waals surface area contributed by atoms with E-state index >= 15 is 0 Å². The zero-order chi connectivity index (χ0) is 26.3. The number of esters is 1. The van der Waals surface area contributed by atoms with Crippen LogP contribution in [0.25, 0.3) is 22.5 Å². The standard InChI is InChI=1S/C32H30N2O4/c1-3-37-31(36)32(16-17-32)27-14-12-23(13-15-27)22-8-10-24(11-9-22)30-28(21(2)33-38-30)18-29(35)34-19-25-6-4-5-7-26(25)20-34/h4-6,8-15,20H,3,7,16-19H2,1-2H3. The van der Waals surface area contributed by atoms with Gasteiger partial charge in [0, 0.05) is 17.3 Å². The third kappa shape index (κ3) is 4.30. The summed E-state index contributed by atoms with van der Waals surface area (Å²) in [5.41, 5.74) is 7.53. The van der Waals surface area contributed by atoms with Gasteiger partial charge in [-0.15, -0.1) is 0 Å². The lowest BCUT2D eigenvalue weighted by Gasteiger charge is -2.15. The Labute approximate surface area is 222 Å². The maximum Gasteiger partial charge on any atom is 0.316 e. The highest BCUT2D eigenvalue weighted by molar-refractivity contribution is 5.87. The monoisotopic (exact) mass is 506 g/mol. The predicted molar refractivity (Wildman–Crippen MR) is 145 cm³/mol. The molecule has 1 fully saturated rings. The smallest absolute Gasteiger partial charge is 0.316 e. The molecule has 0 unspecified atom stereocenters. The van der Waals surface area contributed by atoms with E-state index in [1.165, 1.54) is 11.1 Å². The highest BCUT2D eigenvalue weighted by atomic mass is 16.5. The molecule has 6 nitrogen and oxygen atoms in total. The summed E-state index contributed by atoms with van der Waals surface area (Å²) in [4.78, 5) is 27.4. The van der Waals surface area contributed by atoms with E-state index in [1.54, 1.807) is 4.90 Å². The Kier molecular flexibility index (Phi) is 6.10. The van der Waals surface area contributed by atoms with Crippen molar-refractivity contribution >= 4 is 11.9 Å². The maximum absolute atomic E-state index is 13.1. The molecule has 0 atom stereocenters. The first-order valence-corrected chi connectivity index (χ1v) is 13.2. The second-order valence-corrected chi connectivity index (χ2v) is 10.2. The summed E-state index contributed by atoms with van der Waals surface area (Å²) in [7, 11) is 0. The van der Waals surface area contributed by atoms with Crippen LogP contribution in [0.4, 0.5) is 0 Å². The molecule has 0 spiro atoms. The Morgan fingerprint density at radius 3 is 2.34 bits per heavy atom. The van der Waals surface area contributed by atoms with Gasteiger partial charge in [-0.3, -0.25) is 9.59 Å². The van der Waals surface area contributed by atoms with Gasteiger partial charge in [-0.25, -0.2) is 0 Å². The highest BCUT2D eigenvalue weighted by Crippen LogP contribution is 2.49. The molecule has 1 aromatic heterocycles. The summed E-state index contributed by atoms with van der Waals surface area (Å²) in [5.74, 6) is 0.545. The van der Waals surface area contributed by atoms with Gasteiger partial charge in [-0.1, -0.05) is 71.9 Å². The van der Waals surface area contributed by atoms with Crippen molar-refractivity contribution in [1.82, 2.24) is 10.1 Å². The van der Waals surface area contributed by atoms with Crippen LogP contribution in [0.15, 0.2) is 88.6 Å². The number of aryl methyl sites for hydroxylation is 1. The third-order valence-corrected chi connectivity index (χ3v) is 7.80. The normalized spacial score (nSPS) is 17.1. The Hall–Kier alpha value is -4.19. The average molecular weight is 507 g/mol. The molecule has 0 radical (unpaired) electrons. The van der Waals surface area contributed by atoms with E-state index in [0.717, 1.165) is 52.8 Å². The van der Waals surface area contributed by atoms with Crippen LogP contribution in [-0.4, -0.2) is 35.1 Å². The predicted octanol–water partition coefficient (Wildman–Crippen LogP) is 6.07. The van der Waals surface area contributed by atoms with Crippen molar-refractivity contribution in [1.29, 1.82) is 0 Å². The van der Waals surface area contributed by atoms with Gasteiger partial charge in [0.25, 0.3) is 0 Å². The Bertz CT molecular complexity index is 1490. The van der Waals surface area contributed by atoms with Crippen molar-refractivity contribution in [2.45, 2.75) is 44.9 Å². The van der Waals surface area contributed by atoms with Crippen molar-refractivity contribution in [2.75, 3.05) is 13.2 Å². The van der Waals surface area contributed by atoms with E-state index in [-0.39, 0.29) is 18.3 Å². The van der Waals surface area contributed by atoms with Crippen molar-refractivity contribution in [3.63, 3.8) is 0 Å². The number of ether oxygens (including phenoxy) is 1. The van der Waals surface area contributed by atoms with E-state index in [2.05, 4.69) is 29.4 Å². The third-order valence-electron chi connectivity index (χ3n) is 7.80. The molecule has 6 heteroatoms. The zero-order valence-electron chi connectivity index (χ0n) is 21.7. The van der Waals surface area contributed by atoms with Gasteiger partial charge < -0.3 is 14.2 Å². The molecular weight excluding hydrogens is 476 g/mol. The molecule has 2 heterocycles. The van der Waals surface area contributed by atoms with Crippen LogP contribution in [-0.2, 0) is 26.2 Å². The van der Waals surface area contributed by atoms with E-state index in [0.29, 0.717) is 18.9 Å². The zero-order valence-corrected chi connectivity index (χ0v) is 21.7. The topological polar surface area (TPSA) is 72.6 Å². The van der Waals surface area contributed by atoms with Crippen LogP contribution in [0.3, 0.4) is 0 Å². The van der Waals surface area contributed by atoms with Gasteiger partial charge in [-0.05, 0) is 60.9 Å². The number of amides is 1. The van der Waals surface area contributed by atoms with E-state index in [1.807, 2.05) is 62.5 Å². The molecule has 1 aliphatic heterocycles. The van der Waals surface area contributed by atoms with Crippen LogP contribution >= 0.6 is 0 Å². The van der Waals surface area contributed by atoms with Crippen molar-refractivity contribution in [2.24, 2.45) is 0 Å². The number of hydrogen-bond acceptors (Lipinski definition) is 5. The van der Waals surface area contributed by atoms with Gasteiger partial charge in [0.2, 0.25) is 5.91 Å². The number of benzene rings is 2. The minimum Gasteiger partial charge on any atom is -0.465 e. The summed E-state index contributed by atoms with van der Waals surface area (Å²) < 4.78 is 11.0. The number of aromatic nitrogens is 1. The van der Waals surface area contributed by atoms with Crippen molar-refractivity contribution in [3.8, 4) is 22.5 Å². The van der Waals surface area contributed by atoms with Gasteiger partial charge >= 0.3 is 5.97 Å². The molecule has 0 saturated heterocycles. The lowest BCUT2D eigenvalue weighted by Crippen LogP contribution is -2.26. The maximum atomic E-state index is 13.1. The fourth-order valence-corrected chi connectivity index (χ4v) is 5.36. The lowest BCUT2D eigenvalue weighted by molar-refractivity contribution is -0.146. The molecule has 3 aliphatic rings. The Morgan fingerprint density at radius 1 is 1.00 bits per heavy atom. The first kappa shape index (κ1) is 24.2. The summed E-state index contributed by atoms with van der Waals surface area (Å²) in [5, 5.41) is 4.17. The number of nitrogens with zero attached hydrogens (tertiary/aromatic N) is 2. The fourth-order valence-electron chi connectivity index (χ4n) is 5.36. The minimum atomic E-state index is -0.465. The van der Waals surface area contributed by atoms with Crippen LogP contribution in [0.5, 0.6) is 0 Å². The van der Waals surface area contributed by atoms with Gasteiger partial charge in [0.1, 0.15) is 0 Å². The van der Waals surface area contributed by atoms with E-state index in [9.17, 15) is 9.59 Å². The summed E-state index contributed by atoms with van der Waals surface area (Å²) >= 11 is 0. The molecule has 1 amide bonds. The number of fused-ring (bicyclic) bond motifs is 1. The fraction of sp³-hybridized carbons (Fsp3) is 0.281. The van der Waals surface area contributed by atoms with Crippen molar-refractivity contribution < 1.29 is 18.8 Å². The first-order chi connectivity index (χ1) is 18.5. The number of allylic oxidation sites excluding steroid dienone is 3. The van der Waals surface area contributed by atoms with Gasteiger partial charge in [0.05, 0.1) is 30.7 Å². The molecule has 2 aliphatic carbocycles. The number of carbonyl (C=O) groups excluding carboxylic acids is 2. The quantitative estimate of drug-likeness (QED) is 0.364. The number of carbonyl (C=O) groups is 2. The van der Waals surface area contributed by atoms with Crippen LogP contribution in [0.1, 0.15) is 43.0 Å². The van der Waals surface area contributed by atoms with Crippen LogP contribution in [0, 0.1) is 6.92 Å². The SMILES string of the molecule is CCOC(=O)C1(c2ccc(-c3ccc(-c4onc(C)c4CC(=O)N4C=C5CC=CC=C5C4)cc3)cc2)CC1. The molecule has 0 bridgehead atoms. The van der Waals surface area contributed by atoms with Gasteiger partial charge in [-0.2, -0.15) is 0 Å². The summed E-state index contributed by atoms with van der Waals surface area (Å²) in [6, 6.07) is 16.3. The van der Waals surface area contributed by atoms with Crippen LogP contribution in [0.2, 0.25) is 0 Å².